The van der Waals surface area contributed by atoms with Gasteiger partial charge in [-0.25, -0.2) is 0 Å². The largest absolute Gasteiger partial charge is 0.390 e. The predicted molar refractivity (Wildman–Crippen MR) is 128 cm³/mol. The fraction of sp³-hybridized carbons (Fsp3) is 0.889. The summed E-state index contributed by atoms with van der Waals surface area (Å²) in [6.07, 6.45) is -0.617. The molecule has 4 aliphatic rings. The molecular weight excluding hydrogens is 452 g/mol. The zero-order chi connectivity index (χ0) is 26.4. The summed E-state index contributed by atoms with van der Waals surface area (Å²) in [4.78, 5) is 13.3. The maximum atomic E-state index is 13.3. The van der Waals surface area contributed by atoms with Crippen LogP contribution in [0.25, 0.3) is 0 Å². The lowest BCUT2D eigenvalue weighted by Gasteiger charge is -2.60. The molecule has 0 saturated heterocycles. The van der Waals surface area contributed by atoms with Gasteiger partial charge in [-0.15, -0.1) is 0 Å². The first-order valence-corrected chi connectivity index (χ1v) is 13.0. The zero-order valence-corrected chi connectivity index (χ0v) is 21.6. The molecule has 7 N–H and O–H groups in total. The van der Waals surface area contributed by atoms with E-state index in [0.717, 1.165) is 0 Å². The quantitative estimate of drug-likeness (QED) is 0.295. The Bertz CT molecular complexity index is 892. The molecule has 0 bridgehead atoms. The molecule has 35 heavy (non-hydrogen) atoms. The van der Waals surface area contributed by atoms with Gasteiger partial charge in [0.05, 0.1) is 41.2 Å². The molecule has 0 spiro atoms. The van der Waals surface area contributed by atoms with Crippen LogP contribution in [0.15, 0.2) is 11.6 Å². The summed E-state index contributed by atoms with van der Waals surface area (Å²) in [6, 6.07) is 0. The van der Waals surface area contributed by atoms with Crippen molar-refractivity contribution >= 4 is 5.78 Å². The lowest BCUT2D eigenvalue weighted by molar-refractivity contribution is -0.183. The second-order valence-electron chi connectivity index (χ2n) is 13.2. The molecule has 4 rings (SSSR count). The molecule has 0 radical (unpaired) electrons. The number of hydrogen-bond acceptors (Lipinski definition) is 8. The van der Waals surface area contributed by atoms with Gasteiger partial charge >= 0.3 is 0 Å². The second kappa shape index (κ2) is 8.32. The van der Waals surface area contributed by atoms with E-state index in [4.69, 9.17) is 0 Å². The lowest BCUT2D eigenvalue weighted by Crippen LogP contribution is -2.63. The third-order valence-corrected chi connectivity index (χ3v) is 10.8. The van der Waals surface area contributed by atoms with Crippen LogP contribution in [-0.4, -0.2) is 82.7 Å². The minimum Gasteiger partial charge on any atom is -0.390 e. The highest BCUT2D eigenvalue weighted by molar-refractivity contribution is 5.95. The van der Waals surface area contributed by atoms with Crippen molar-refractivity contribution in [3.05, 3.63) is 11.6 Å². The molecule has 4 aliphatic carbocycles. The van der Waals surface area contributed by atoms with Crippen LogP contribution in [0.5, 0.6) is 0 Å². The molecule has 0 aromatic heterocycles. The van der Waals surface area contributed by atoms with Crippen LogP contribution in [0.2, 0.25) is 0 Å². The number of carbonyl (C=O) groups excluding carboxylic acids is 1. The summed E-state index contributed by atoms with van der Waals surface area (Å²) in [5, 5.41) is 75.8. The number of aliphatic hydroxyl groups excluding tert-OH is 4. The number of ketones is 1. The van der Waals surface area contributed by atoms with Gasteiger partial charge < -0.3 is 35.7 Å². The molecule has 0 aromatic carbocycles. The van der Waals surface area contributed by atoms with Crippen LogP contribution >= 0.6 is 0 Å². The van der Waals surface area contributed by atoms with Gasteiger partial charge in [0, 0.05) is 17.8 Å². The van der Waals surface area contributed by atoms with E-state index in [1.54, 1.807) is 6.08 Å². The average molecular weight is 497 g/mol. The first kappa shape index (κ1) is 27.2. The van der Waals surface area contributed by atoms with Crippen molar-refractivity contribution in [2.45, 2.75) is 121 Å². The molecule has 200 valence electrons. The molecule has 3 saturated carbocycles. The van der Waals surface area contributed by atoms with Crippen molar-refractivity contribution in [1.82, 2.24) is 0 Å². The second-order valence-corrected chi connectivity index (χ2v) is 13.2. The monoisotopic (exact) mass is 496 g/mol. The van der Waals surface area contributed by atoms with Gasteiger partial charge in [-0.1, -0.05) is 13.8 Å². The third kappa shape index (κ3) is 3.87. The van der Waals surface area contributed by atoms with E-state index in [1.165, 1.54) is 20.8 Å². The van der Waals surface area contributed by atoms with Gasteiger partial charge in [-0.05, 0) is 88.2 Å². The van der Waals surface area contributed by atoms with Crippen LogP contribution in [0, 0.1) is 28.6 Å². The molecule has 0 aliphatic heterocycles. The molecule has 11 atom stereocenters. The number of fused-ring (bicyclic) bond motifs is 5. The van der Waals surface area contributed by atoms with Crippen LogP contribution in [0.3, 0.4) is 0 Å². The van der Waals surface area contributed by atoms with Gasteiger partial charge in [0.25, 0.3) is 0 Å². The van der Waals surface area contributed by atoms with Crippen molar-refractivity contribution < 1.29 is 40.5 Å². The minimum absolute atomic E-state index is 0.129. The molecule has 0 heterocycles. The molecule has 0 aromatic rings. The molecule has 8 heteroatoms. The number of allylic oxidation sites excluding steroid dienone is 1. The molecule has 8 nitrogen and oxygen atoms in total. The first-order valence-electron chi connectivity index (χ1n) is 13.0. The highest BCUT2D eigenvalue weighted by Gasteiger charge is 2.69. The molecule has 3 fully saturated rings. The Labute approximate surface area is 207 Å². The van der Waals surface area contributed by atoms with Crippen molar-refractivity contribution in [3.63, 3.8) is 0 Å². The van der Waals surface area contributed by atoms with E-state index in [0.29, 0.717) is 31.3 Å². The summed E-state index contributed by atoms with van der Waals surface area (Å²) in [7, 11) is 0. The van der Waals surface area contributed by atoms with Gasteiger partial charge in [0.2, 0.25) is 0 Å². The van der Waals surface area contributed by atoms with E-state index < -0.39 is 63.9 Å². The Kier molecular flexibility index (Phi) is 6.46. The van der Waals surface area contributed by atoms with E-state index in [2.05, 4.69) is 0 Å². The highest BCUT2D eigenvalue weighted by Crippen LogP contribution is 2.68. The van der Waals surface area contributed by atoms with Gasteiger partial charge in [0.1, 0.15) is 0 Å². The summed E-state index contributed by atoms with van der Waals surface area (Å²) in [5.41, 5.74) is -5.18. The smallest absolute Gasteiger partial charge is 0.159 e. The Morgan fingerprint density at radius 2 is 1.63 bits per heavy atom. The number of aliphatic hydroxyl groups is 7. The summed E-state index contributed by atoms with van der Waals surface area (Å²) >= 11 is 0. The normalized spacial score (nSPS) is 47.1. The van der Waals surface area contributed by atoms with E-state index in [9.17, 15) is 40.5 Å². The summed E-state index contributed by atoms with van der Waals surface area (Å²) in [6.45, 7) is 8.31. The topological polar surface area (TPSA) is 159 Å². The molecule has 1 unspecified atom stereocenters. The fourth-order valence-corrected chi connectivity index (χ4v) is 8.28. The van der Waals surface area contributed by atoms with Crippen molar-refractivity contribution in [2.24, 2.45) is 28.6 Å². The minimum atomic E-state index is -1.64. The number of hydrogen-bond donors (Lipinski definition) is 7. The Balaban J connectivity index is 1.67. The van der Waals surface area contributed by atoms with Crippen LogP contribution < -0.4 is 0 Å². The van der Waals surface area contributed by atoms with Crippen LogP contribution in [0.4, 0.5) is 0 Å². The van der Waals surface area contributed by atoms with Gasteiger partial charge in [-0.3, -0.25) is 4.79 Å². The standard InChI is InChI=1S/C27H44O8/c1-23(2,33)21(31)12-22(32)26(5,34)20-7-9-27(35)15-10-17(28)16-11-18(29)19(30)13-24(16,3)14(15)6-8-25(20,27)4/h10,14,16,18-22,29-35H,6-9,11-13H2,1-5H3/t14-,16-,18+,19-,20-,21-,22+,24+,25+,26+,27?/m0/s1. The van der Waals surface area contributed by atoms with E-state index in [-0.39, 0.29) is 31.0 Å². The van der Waals surface area contributed by atoms with Crippen LogP contribution in [-0.2, 0) is 4.79 Å². The first-order chi connectivity index (χ1) is 15.9. The Morgan fingerprint density at radius 3 is 2.23 bits per heavy atom. The maximum absolute atomic E-state index is 13.3. The third-order valence-electron chi connectivity index (χ3n) is 10.8. The molecule has 0 amide bonds. The SMILES string of the molecule is CC(C)(O)[C@@H](O)C[C@@H](O)[C@](C)(O)[C@H]1CCC2(O)C3=CC(=O)[C@@H]4C[C@@H](O)[C@@H](O)C[C@]4(C)[C@H]3CC[C@]12C. The van der Waals surface area contributed by atoms with Crippen molar-refractivity contribution in [1.29, 1.82) is 0 Å². The zero-order valence-electron chi connectivity index (χ0n) is 21.6. The predicted octanol–water partition coefficient (Wildman–Crippen LogP) is 0.825. The van der Waals surface area contributed by atoms with E-state index in [1.807, 2.05) is 13.8 Å². The number of rotatable bonds is 5. The summed E-state index contributed by atoms with van der Waals surface area (Å²) in [5.74, 6) is -1.18. The van der Waals surface area contributed by atoms with Crippen molar-refractivity contribution in [3.8, 4) is 0 Å². The Hall–Kier alpha value is -0.870. The summed E-state index contributed by atoms with van der Waals surface area (Å²) < 4.78 is 0. The number of carbonyl (C=O) groups is 1. The van der Waals surface area contributed by atoms with Crippen molar-refractivity contribution in [2.75, 3.05) is 0 Å². The average Bonchev–Trinajstić information content (AvgIpc) is 3.01. The van der Waals surface area contributed by atoms with Gasteiger partial charge in [-0.2, -0.15) is 0 Å². The van der Waals surface area contributed by atoms with Gasteiger partial charge in [0.15, 0.2) is 5.78 Å². The van der Waals surface area contributed by atoms with E-state index >= 15 is 0 Å². The highest BCUT2D eigenvalue weighted by atomic mass is 16.4. The Morgan fingerprint density at radius 1 is 1.00 bits per heavy atom. The maximum Gasteiger partial charge on any atom is 0.159 e. The molecular formula is C27H44O8. The van der Waals surface area contributed by atoms with Crippen LogP contribution in [0.1, 0.15) is 79.6 Å². The lowest BCUT2D eigenvalue weighted by atomic mass is 9.45. The fourth-order valence-electron chi connectivity index (χ4n) is 8.28.